The molecule has 250 valence electrons. The van der Waals surface area contributed by atoms with Crippen LogP contribution in [-0.4, -0.2) is 49.3 Å². The van der Waals surface area contributed by atoms with E-state index in [-0.39, 0.29) is 38.3 Å². The van der Waals surface area contributed by atoms with Crippen LogP contribution in [0.4, 0.5) is 0 Å². The van der Waals surface area contributed by atoms with E-state index in [0.29, 0.717) is 12.8 Å². The molecule has 0 amide bonds. The van der Waals surface area contributed by atoms with E-state index < -0.39 is 14.7 Å². The molecule has 8 nitrogen and oxygen atoms in total. The van der Waals surface area contributed by atoms with Crippen molar-refractivity contribution < 1.29 is 33.0 Å². The Morgan fingerprint density at radius 3 is 1.50 bits per heavy atom. The van der Waals surface area contributed by atoms with E-state index in [4.69, 9.17) is 24.3 Å². The summed E-state index contributed by atoms with van der Waals surface area (Å²) in [6, 6.07) is 0. The van der Waals surface area contributed by atoms with Crippen LogP contribution in [0.1, 0.15) is 156 Å². The number of esters is 2. The average molecular weight is 620 g/mol. The molecule has 0 aromatic heterocycles. The van der Waals surface area contributed by atoms with Crippen LogP contribution in [0.25, 0.3) is 0 Å². The summed E-state index contributed by atoms with van der Waals surface area (Å²) >= 11 is 0. The second kappa shape index (κ2) is 30.2. The van der Waals surface area contributed by atoms with E-state index in [1.165, 1.54) is 77.0 Å². The van der Waals surface area contributed by atoms with Crippen LogP contribution < -0.4 is 5.73 Å². The molecule has 0 aromatic rings. The third kappa shape index (κ3) is 30.7. The summed E-state index contributed by atoms with van der Waals surface area (Å²) in [7, 11) is -2.13. The van der Waals surface area contributed by atoms with Crippen LogP contribution in [0.5, 0.6) is 0 Å². The number of carbonyl (C=O) groups excluding carboxylic acids is 2. The molecule has 0 aromatic carbocycles. The lowest BCUT2D eigenvalue weighted by Crippen LogP contribution is -2.29. The zero-order valence-electron chi connectivity index (χ0n) is 27.6. The maximum Gasteiger partial charge on any atom is 0.330 e. The summed E-state index contributed by atoms with van der Waals surface area (Å²) in [6.07, 6.45) is 21.1. The third-order valence-electron chi connectivity index (χ3n) is 7.24. The number of carbonyl (C=O) groups is 2. The fourth-order valence-electron chi connectivity index (χ4n) is 4.70. The third-order valence-corrected chi connectivity index (χ3v) is 8.02. The van der Waals surface area contributed by atoms with Crippen molar-refractivity contribution in [1.82, 2.24) is 0 Å². The Kier molecular flexibility index (Phi) is 29.7. The highest BCUT2D eigenvalue weighted by Crippen LogP contribution is 2.32. The summed E-state index contributed by atoms with van der Waals surface area (Å²) in [5.41, 5.74) is 5.39. The van der Waals surface area contributed by atoms with Crippen LogP contribution in [0.2, 0.25) is 0 Å². The number of ether oxygens (including phenoxy) is 2. The Bertz CT molecular complexity index is 621. The van der Waals surface area contributed by atoms with Gasteiger partial charge in [0.1, 0.15) is 6.61 Å². The lowest BCUT2D eigenvalue weighted by molar-refractivity contribution is -0.161. The number of hydrogen-bond acceptors (Lipinski definition) is 8. The second-order valence-electron chi connectivity index (χ2n) is 12.5. The van der Waals surface area contributed by atoms with Gasteiger partial charge >= 0.3 is 20.5 Å². The van der Waals surface area contributed by atoms with Crippen molar-refractivity contribution >= 4 is 20.5 Å². The Balaban J connectivity index is 4.15. The fraction of sp³-hybridized carbons (Fsp3) is 0.939. The molecular weight excluding hydrogens is 553 g/mol. The largest absolute Gasteiger partial charge is 0.462 e. The molecule has 0 aliphatic rings. The van der Waals surface area contributed by atoms with Crippen LogP contribution in [0.15, 0.2) is 0 Å². The van der Waals surface area contributed by atoms with Crippen LogP contribution in [0, 0.1) is 11.8 Å². The summed E-state index contributed by atoms with van der Waals surface area (Å²) in [4.78, 5) is 34.6. The van der Waals surface area contributed by atoms with Crippen molar-refractivity contribution in [2.24, 2.45) is 17.6 Å². The molecular formula is C33H66NO7P. The minimum absolute atomic E-state index is 0.0994. The molecule has 3 N–H and O–H groups in total. The van der Waals surface area contributed by atoms with Crippen molar-refractivity contribution in [3.63, 3.8) is 0 Å². The highest BCUT2D eigenvalue weighted by Gasteiger charge is 2.20. The average Bonchev–Trinajstić information content (AvgIpc) is 2.94. The number of rotatable bonds is 31. The van der Waals surface area contributed by atoms with E-state index in [1.54, 1.807) is 0 Å². The first-order chi connectivity index (χ1) is 20.2. The van der Waals surface area contributed by atoms with E-state index >= 15 is 0 Å². The van der Waals surface area contributed by atoms with Gasteiger partial charge in [0.2, 0.25) is 0 Å². The van der Waals surface area contributed by atoms with Gasteiger partial charge in [-0.1, -0.05) is 130 Å². The monoisotopic (exact) mass is 619 g/mol. The van der Waals surface area contributed by atoms with Crippen molar-refractivity contribution in [3.05, 3.63) is 0 Å². The maximum absolute atomic E-state index is 12.4. The lowest BCUT2D eigenvalue weighted by atomic mass is 10.0. The minimum Gasteiger partial charge on any atom is -0.462 e. The maximum atomic E-state index is 12.4. The Hall–Kier alpha value is -0.790. The zero-order chi connectivity index (χ0) is 31.3. The normalized spacial score (nSPS) is 13.0. The Morgan fingerprint density at radius 2 is 1.05 bits per heavy atom. The summed E-state index contributed by atoms with van der Waals surface area (Å²) in [5, 5.41) is 0. The summed E-state index contributed by atoms with van der Waals surface area (Å²) in [6.45, 7) is 9.31. The molecule has 42 heavy (non-hydrogen) atoms. The smallest absolute Gasteiger partial charge is 0.330 e. The van der Waals surface area contributed by atoms with Gasteiger partial charge in [-0.2, -0.15) is 0 Å². The predicted molar refractivity (Wildman–Crippen MR) is 173 cm³/mol. The van der Waals surface area contributed by atoms with Crippen molar-refractivity contribution in [2.45, 2.75) is 162 Å². The summed E-state index contributed by atoms with van der Waals surface area (Å²) < 4.78 is 21.3. The van der Waals surface area contributed by atoms with E-state index in [1.807, 2.05) is 0 Å². The molecule has 2 atom stereocenters. The van der Waals surface area contributed by atoms with Gasteiger partial charge in [0.25, 0.3) is 0 Å². The summed E-state index contributed by atoms with van der Waals surface area (Å²) in [5.74, 6) is 0.931. The van der Waals surface area contributed by atoms with Crippen molar-refractivity contribution in [1.29, 1.82) is 0 Å². The first-order valence-corrected chi connectivity index (χ1v) is 18.2. The number of unbranched alkanes of at least 4 members (excludes halogenated alkanes) is 14. The molecule has 9 heteroatoms. The quantitative estimate of drug-likeness (QED) is 0.0449. The molecule has 0 radical (unpaired) electrons. The standard InChI is InChI=1S/C33H66NO7P/c1-29(2)21-17-13-9-5-7-11-15-19-23-32(35)38-27-31(28-40-42(37)39-26-25-34)41-33(36)24-20-16-12-8-6-10-14-18-22-30(3)4/h29-31,37H,5-28,34H2,1-4H3. The molecule has 0 aliphatic carbocycles. The highest BCUT2D eigenvalue weighted by molar-refractivity contribution is 7.40. The van der Waals surface area contributed by atoms with Gasteiger partial charge in [-0.15, -0.1) is 0 Å². The van der Waals surface area contributed by atoms with E-state index in [9.17, 15) is 14.5 Å². The number of hydrogen-bond donors (Lipinski definition) is 2. The fourth-order valence-corrected chi connectivity index (χ4v) is 5.33. The van der Waals surface area contributed by atoms with Crippen molar-refractivity contribution in [3.8, 4) is 0 Å². The van der Waals surface area contributed by atoms with E-state index in [0.717, 1.165) is 50.4 Å². The molecule has 2 unspecified atom stereocenters. The van der Waals surface area contributed by atoms with Gasteiger partial charge in [-0.3, -0.25) is 9.59 Å². The lowest BCUT2D eigenvalue weighted by Gasteiger charge is -2.19. The van der Waals surface area contributed by atoms with E-state index in [2.05, 4.69) is 27.7 Å². The molecule has 0 aliphatic heterocycles. The molecule has 0 heterocycles. The molecule has 0 bridgehead atoms. The van der Waals surface area contributed by atoms with Gasteiger partial charge in [0, 0.05) is 19.4 Å². The Morgan fingerprint density at radius 1 is 0.619 bits per heavy atom. The predicted octanol–water partition coefficient (Wildman–Crippen LogP) is 8.77. The first kappa shape index (κ1) is 41.2. The van der Waals surface area contributed by atoms with Gasteiger partial charge in [0.15, 0.2) is 6.10 Å². The van der Waals surface area contributed by atoms with Crippen LogP contribution in [0.3, 0.4) is 0 Å². The van der Waals surface area contributed by atoms with Crippen LogP contribution >= 0.6 is 8.60 Å². The molecule has 0 saturated carbocycles. The van der Waals surface area contributed by atoms with Gasteiger partial charge in [0.05, 0.1) is 13.2 Å². The molecule has 0 saturated heterocycles. The highest BCUT2D eigenvalue weighted by atomic mass is 31.2. The van der Waals surface area contributed by atoms with Gasteiger partial charge in [-0.25, -0.2) is 0 Å². The molecule has 0 fully saturated rings. The topological polar surface area (TPSA) is 117 Å². The van der Waals surface area contributed by atoms with Gasteiger partial charge in [-0.05, 0) is 24.7 Å². The zero-order valence-corrected chi connectivity index (χ0v) is 28.5. The molecule has 0 spiro atoms. The van der Waals surface area contributed by atoms with Crippen LogP contribution in [-0.2, 0) is 28.1 Å². The van der Waals surface area contributed by atoms with Gasteiger partial charge < -0.3 is 29.1 Å². The SMILES string of the molecule is CC(C)CCCCCCCCCCC(=O)OCC(COP(O)OCCN)OC(=O)CCCCCCCCCCC(C)C. The second-order valence-corrected chi connectivity index (χ2v) is 13.5. The first-order valence-electron chi connectivity index (χ1n) is 17.0. The molecule has 0 rings (SSSR count). The number of nitrogens with two attached hydrogens (primary N) is 1. The Labute approximate surface area is 259 Å². The minimum atomic E-state index is -2.13. The van der Waals surface area contributed by atoms with Crippen molar-refractivity contribution in [2.75, 3.05) is 26.4 Å².